The van der Waals surface area contributed by atoms with E-state index in [1.165, 1.54) is 5.56 Å². The summed E-state index contributed by atoms with van der Waals surface area (Å²) >= 11 is 0. The van der Waals surface area contributed by atoms with Gasteiger partial charge in [0.2, 0.25) is 0 Å². The van der Waals surface area contributed by atoms with E-state index in [4.69, 9.17) is 0 Å². The lowest BCUT2D eigenvalue weighted by Crippen LogP contribution is -2.14. The zero-order valence-corrected chi connectivity index (χ0v) is 44.7. The first kappa shape index (κ1) is 50.3. The molecule has 0 saturated carbocycles. The molecule has 0 aliphatic carbocycles. The highest BCUT2D eigenvalue weighted by Crippen LogP contribution is 2.44. The molecular formula is C73H63N5. The average Bonchev–Trinajstić information content (AvgIpc) is 3.54. The fourth-order valence-electron chi connectivity index (χ4n) is 10.1. The Kier molecular flexibility index (Phi) is 14.6. The van der Waals surface area contributed by atoms with E-state index < -0.39 is 0 Å². The third kappa shape index (κ3) is 11.0. The Morgan fingerprint density at radius 1 is 0.231 bits per heavy atom. The molecule has 5 heteroatoms. The molecule has 0 atom stereocenters. The predicted octanol–water partition coefficient (Wildman–Crippen LogP) is 21.4. The van der Waals surface area contributed by atoms with Crippen LogP contribution >= 0.6 is 0 Å². The van der Waals surface area contributed by atoms with E-state index in [1.54, 1.807) is 0 Å². The van der Waals surface area contributed by atoms with Gasteiger partial charge >= 0.3 is 0 Å². The van der Waals surface area contributed by atoms with Crippen LogP contribution in [0.1, 0.15) is 38.8 Å². The minimum absolute atomic E-state index is 0.0663. The van der Waals surface area contributed by atoms with Crippen molar-refractivity contribution in [3.05, 3.63) is 315 Å². The lowest BCUT2D eigenvalue weighted by atomic mass is 9.87. The first-order valence-electron chi connectivity index (χ1n) is 26.7. The molecule has 11 aromatic carbocycles. The molecule has 0 aliphatic rings. The lowest BCUT2D eigenvalue weighted by molar-refractivity contribution is 0.590. The largest absolute Gasteiger partial charge is 0.311 e. The Labute approximate surface area is 461 Å². The number of hydrogen-bond donors (Lipinski definition) is 0. The molecule has 0 amide bonds. The predicted molar refractivity (Wildman–Crippen MR) is 333 cm³/mol. The fraction of sp³-hybridized carbons (Fsp3) is 0.0685. The van der Waals surface area contributed by atoms with Crippen molar-refractivity contribution in [3.63, 3.8) is 0 Å². The van der Waals surface area contributed by atoms with Crippen LogP contribution in [0.25, 0.3) is 5.57 Å². The third-order valence-corrected chi connectivity index (χ3v) is 14.1. The number of anilines is 15. The first-order chi connectivity index (χ1) is 38.2. The number of nitrogens with zero attached hydrogens (tertiary/aromatic N) is 5. The van der Waals surface area contributed by atoms with Gasteiger partial charge in [-0.3, -0.25) is 0 Å². The Balaban J connectivity index is 0.907. The van der Waals surface area contributed by atoms with Gasteiger partial charge in [-0.05, 0) is 205 Å². The Bertz CT molecular complexity index is 3680. The molecule has 11 aromatic rings. The molecule has 0 aliphatic heterocycles. The van der Waals surface area contributed by atoms with Gasteiger partial charge in [0.25, 0.3) is 0 Å². The van der Waals surface area contributed by atoms with E-state index in [9.17, 15) is 0 Å². The van der Waals surface area contributed by atoms with Gasteiger partial charge in [-0.2, -0.15) is 0 Å². The van der Waals surface area contributed by atoms with Crippen molar-refractivity contribution >= 4 is 90.9 Å². The van der Waals surface area contributed by atoms with Crippen LogP contribution in [-0.4, -0.2) is 0 Å². The first-order valence-corrected chi connectivity index (χ1v) is 26.7. The van der Waals surface area contributed by atoms with Gasteiger partial charge in [0.1, 0.15) is 0 Å². The molecule has 0 radical (unpaired) electrons. The molecule has 0 heterocycles. The molecule has 0 aromatic heterocycles. The summed E-state index contributed by atoms with van der Waals surface area (Å²) in [5.74, 6) is 0. The fourth-order valence-corrected chi connectivity index (χ4v) is 10.1. The van der Waals surface area contributed by atoms with E-state index in [0.29, 0.717) is 0 Å². The summed E-state index contributed by atoms with van der Waals surface area (Å²) in [7, 11) is 0. The SMILES string of the molecule is C=C(C)c1ccc(N(c2ccccc2)c2ccc(N(c3ccccc3)c3ccc(N(c4ccccc4)c4ccc(N(c5ccccc5)c5ccc(N(c6ccccc6)c6ccc(C(C)(C)C)cc6)cc5)cc4)cc3)cc2)cc1. The van der Waals surface area contributed by atoms with Crippen LogP contribution in [0.4, 0.5) is 85.3 Å². The number of hydrogen-bond acceptors (Lipinski definition) is 5. The third-order valence-electron chi connectivity index (χ3n) is 14.1. The maximum atomic E-state index is 4.16. The lowest BCUT2D eigenvalue weighted by Gasteiger charge is -2.30. The van der Waals surface area contributed by atoms with Gasteiger partial charge in [0.05, 0.1) is 0 Å². The second-order valence-electron chi connectivity index (χ2n) is 20.5. The zero-order chi connectivity index (χ0) is 53.4. The summed E-state index contributed by atoms with van der Waals surface area (Å²) in [6.45, 7) is 13.0. The van der Waals surface area contributed by atoms with Crippen molar-refractivity contribution < 1.29 is 0 Å². The molecule has 0 unspecified atom stereocenters. The molecule has 0 saturated heterocycles. The summed E-state index contributed by atoms with van der Waals surface area (Å²) in [5.41, 5.74) is 19.6. The van der Waals surface area contributed by atoms with Crippen LogP contribution in [0.15, 0.2) is 304 Å². The van der Waals surface area contributed by atoms with Gasteiger partial charge in [-0.15, -0.1) is 0 Å². The molecule has 5 nitrogen and oxygen atoms in total. The monoisotopic (exact) mass is 1010 g/mol. The number of rotatable bonds is 16. The van der Waals surface area contributed by atoms with Gasteiger partial charge in [0.15, 0.2) is 0 Å². The van der Waals surface area contributed by atoms with Gasteiger partial charge in [-0.1, -0.05) is 148 Å². The van der Waals surface area contributed by atoms with Crippen molar-refractivity contribution in [2.45, 2.75) is 33.1 Å². The van der Waals surface area contributed by atoms with Crippen molar-refractivity contribution in [2.24, 2.45) is 0 Å². The molecule has 0 spiro atoms. The second kappa shape index (κ2) is 22.6. The molecule has 0 N–H and O–H groups in total. The molecule has 11 rings (SSSR count). The number of para-hydroxylation sites is 5. The van der Waals surface area contributed by atoms with Crippen molar-refractivity contribution in [1.29, 1.82) is 0 Å². The van der Waals surface area contributed by atoms with Gasteiger partial charge < -0.3 is 24.5 Å². The van der Waals surface area contributed by atoms with E-state index in [2.05, 4.69) is 349 Å². The van der Waals surface area contributed by atoms with Crippen LogP contribution in [0, 0.1) is 0 Å². The van der Waals surface area contributed by atoms with Crippen LogP contribution in [-0.2, 0) is 5.41 Å². The quantitative estimate of drug-likeness (QED) is 0.0956. The standard InChI is InChI=1S/C73H63N5/c1-55(2)56-31-35-63(36-32-56)74(58-21-11-6-12-22-58)65-39-43-67(44-40-65)76(60-25-15-8-16-26-60)69-47-51-71(52-48-69)78(62-29-19-10-20-30-62)72-53-49-70(50-54-72)77(61-27-17-9-18-28-61)68-45-41-66(42-46-68)75(59-23-13-7-14-24-59)64-37-33-57(34-38-64)73(3,4)5/h6-54H,1H2,2-5H3. The van der Waals surface area contributed by atoms with E-state index in [-0.39, 0.29) is 5.41 Å². The Morgan fingerprint density at radius 2 is 0.385 bits per heavy atom. The summed E-state index contributed by atoms with van der Waals surface area (Å²) in [6.07, 6.45) is 0. The summed E-state index contributed by atoms with van der Waals surface area (Å²) in [4.78, 5) is 11.6. The number of benzene rings is 11. The molecule has 0 fully saturated rings. The van der Waals surface area contributed by atoms with E-state index in [1.807, 2.05) is 6.92 Å². The molecule has 78 heavy (non-hydrogen) atoms. The molecule has 380 valence electrons. The van der Waals surface area contributed by atoms with Crippen molar-refractivity contribution in [2.75, 3.05) is 24.5 Å². The van der Waals surface area contributed by atoms with Gasteiger partial charge in [-0.25, -0.2) is 0 Å². The second-order valence-corrected chi connectivity index (χ2v) is 20.5. The summed E-state index contributed by atoms with van der Waals surface area (Å²) < 4.78 is 0. The summed E-state index contributed by atoms with van der Waals surface area (Å²) in [6, 6.07) is 106. The van der Waals surface area contributed by atoms with Gasteiger partial charge in [0, 0.05) is 85.3 Å². The van der Waals surface area contributed by atoms with Crippen LogP contribution < -0.4 is 24.5 Å². The topological polar surface area (TPSA) is 16.2 Å². The normalized spacial score (nSPS) is 11.1. The Morgan fingerprint density at radius 3 is 0.551 bits per heavy atom. The highest BCUT2D eigenvalue weighted by atomic mass is 15.2. The van der Waals surface area contributed by atoms with Crippen molar-refractivity contribution in [1.82, 2.24) is 0 Å². The highest BCUT2D eigenvalue weighted by molar-refractivity contribution is 5.86. The van der Waals surface area contributed by atoms with Crippen molar-refractivity contribution in [3.8, 4) is 0 Å². The van der Waals surface area contributed by atoms with E-state index in [0.717, 1.165) is 96.4 Å². The zero-order valence-electron chi connectivity index (χ0n) is 44.7. The van der Waals surface area contributed by atoms with Crippen LogP contribution in [0.3, 0.4) is 0 Å². The van der Waals surface area contributed by atoms with Crippen LogP contribution in [0.5, 0.6) is 0 Å². The number of allylic oxidation sites excluding steroid dienone is 1. The summed E-state index contributed by atoms with van der Waals surface area (Å²) in [5, 5.41) is 0. The Hall–Kier alpha value is -9.84. The molecular weight excluding hydrogens is 947 g/mol. The smallest absolute Gasteiger partial charge is 0.0463 e. The minimum Gasteiger partial charge on any atom is -0.311 e. The van der Waals surface area contributed by atoms with E-state index >= 15 is 0 Å². The maximum Gasteiger partial charge on any atom is 0.0463 e. The highest BCUT2D eigenvalue weighted by Gasteiger charge is 2.21. The average molecular weight is 1010 g/mol. The maximum absolute atomic E-state index is 4.16. The van der Waals surface area contributed by atoms with Crippen LogP contribution in [0.2, 0.25) is 0 Å². The molecule has 0 bridgehead atoms. The minimum atomic E-state index is 0.0663.